The van der Waals surface area contributed by atoms with Gasteiger partial charge in [0.25, 0.3) is 0 Å². The van der Waals surface area contributed by atoms with Crippen molar-refractivity contribution < 1.29 is 0 Å². The third-order valence-electron chi connectivity index (χ3n) is 4.79. The van der Waals surface area contributed by atoms with Gasteiger partial charge in [0.1, 0.15) is 11.6 Å². The standard InChI is InChI=1S/C19H10P/c1-2-12-4-6-14-8-10-20-9-7-13-5-3-11(1)15-16(12)18(14)19(20)17(13)15/h1-10H/q+1. The summed E-state index contributed by atoms with van der Waals surface area (Å²) in [5.74, 6) is 4.81. The summed E-state index contributed by atoms with van der Waals surface area (Å²) in [5, 5.41) is 13.2. The summed E-state index contributed by atoms with van der Waals surface area (Å²) < 4.78 is 0. The van der Waals surface area contributed by atoms with Gasteiger partial charge in [-0.15, -0.1) is 0 Å². The van der Waals surface area contributed by atoms with Crippen molar-refractivity contribution in [2.24, 2.45) is 0 Å². The van der Waals surface area contributed by atoms with Gasteiger partial charge in [0, 0.05) is 21.5 Å². The molecule has 6 aromatic rings. The average Bonchev–Trinajstić information content (AvgIpc) is 2.88. The van der Waals surface area contributed by atoms with Crippen LogP contribution in [0.3, 0.4) is 0 Å². The summed E-state index contributed by atoms with van der Waals surface area (Å²) >= 11 is 0. The SMILES string of the molecule is c1cc2ccc3cc[p+]4ccc5ccc1c1c2c3c4c51. The van der Waals surface area contributed by atoms with E-state index < -0.39 is 0 Å². The first kappa shape index (κ1) is 9.69. The van der Waals surface area contributed by atoms with Crippen molar-refractivity contribution in [3.05, 3.63) is 60.1 Å². The summed E-state index contributed by atoms with van der Waals surface area (Å²) in [6, 6.07) is 18.3. The summed E-state index contributed by atoms with van der Waals surface area (Å²) in [4.78, 5) is 0. The Bertz CT molecular complexity index is 930. The molecule has 0 atom stereocenters. The quantitative estimate of drug-likeness (QED) is 0.282. The predicted molar refractivity (Wildman–Crippen MR) is 90.1 cm³/mol. The van der Waals surface area contributed by atoms with E-state index in [1.165, 1.54) is 43.1 Å². The lowest BCUT2D eigenvalue weighted by Crippen LogP contribution is -1.76. The predicted octanol–water partition coefficient (Wildman–Crippen LogP) is 6.33. The molecule has 90 valence electrons. The van der Waals surface area contributed by atoms with Crippen LogP contribution in [0, 0.1) is 0 Å². The van der Waals surface area contributed by atoms with Crippen molar-refractivity contribution in [3.63, 3.8) is 0 Å². The minimum atomic E-state index is -0.247. The number of hydrogen-bond acceptors (Lipinski definition) is 0. The Labute approximate surface area is 116 Å². The zero-order valence-corrected chi connectivity index (χ0v) is 11.6. The topological polar surface area (TPSA) is 0 Å². The molecule has 1 heteroatoms. The van der Waals surface area contributed by atoms with Crippen molar-refractivity contribution >= 4 is 55.5 Å². The first-order chi connectivity index (χ1) is 9.92. The molecule has 20 heavy (non-hydrogen) atoms. The molecule has 0 saturated heterocycles. The monoisotopic (exact) mass is 269 g/mol. The lowest BCUT2D eigenvalue weighted by molar-refractivity contribution is 1.88. The van der Waals surface area contributed by atoms with E-state index in [0.717, 1.165) is 0 Å². The van der Waals surface area contributed by atoms with Crippen molar-refractivity contribution in [1.29, 1.82) is 0 Å². The molecular weight excluding hydrogens is 259 g/mol. The molecule has 4 aromatic carbocycles. The van der Waals surface area contributed by atoms with Gasteiger partial charge in [-0.3, -0.25) is 0 Å². The van der Waals surface area contributed by atoms with Crippen LogP contribution in [-0.2, 0) is 0 Å². The Hall–Kier alpha value is -2.17. The molecule has 0 saturated carbocycles. The Morgan fingerprint density at radius 3 is 1.30 bits per heavy atom. The second-order valence-corrected chi connectivity index (χ2v) is 7.57. The van der Waals surface area contributed by atoms with Gasteiger partial charge in [-0.05, 0) is 33.7 Å². The summed E-state index contributed by atoms with van der Waals surface area (Å²) in [5.41, 5.74) is 0. The van der Waals surface area contributed by atoms with Gasteiger partial charge in [0.2, 0.25) is 0 Å². The molecule has 0 spiro atoms. The largest absolute Gasteiger partial charge is 0.170 e. The second-order valence-electron chi connectivity index (χ2n) is 5.71. The van der Waals surface area contributed by atoms with Crippen molar-refractivity contribution in [2.75, 3.05) is 0 Å². The molecule has 0 aliphatic rings. The smallest absolute Gasteiger partial charge is 0.0537 e. The molecule has 0 aliphatic carbocycles. The zero-order valence-electron chi connectivity index (χ0n) is 10.7. The van der Waals surface area contributed by atoms with Gasteiger partial charge in [-0.1, -0.05) is 36.4 Å². The van der Waals surface area contributed by atoms with E-state index in [1.807, 2.05) is 0 Å². The van der Waals surface area contributed by atoms with Crippen LogP contribution >= 0.6 is 7.34 Å². The van der Waals surface area contributed by atoms with E-state index >= 15 is 0 Å². The molecule has 0 amide bonds. The van der Waals surface area contributed by atoms with E-state index in [-0.39, 0.29) is 7.34 Å². The van der Waals surface area contributed by atoms with Gasteiger partial charge < -0.3 is 0 Å². The fraction of sp³-hybridized carbons (Fsp3) is 0. The minimum Gasteiger partial charge on any atom is -0.0537 e. The molecule has 0 radical (unpaired) electrons. The number of rotatable bonds is 0. The van der Waals surface area contributed by atoms with Gasteiger partial charge >= 0.3 is 0 Å². The summed E-state index contributed by atoms with van der Waals surface area (Å²) in [7, 11) is -0.247. The Kier molecular flexibility index (Phi) is 1.43. The van der Waals surface area contributed by atoms with Crippen molar-refractivity contribution in [1.82, 2.24) is 0 Å². The highest BCUT2D eigenvalue weighted by Crippen LogP contribution is 2.52. The molecule has 0 unspecified atom stereocenters. The van der Waals surface area contributed by atoms with E-state index in [0.29, 0.717) is 0 Å². The number of benzene rings is 3. The zero-order chi connectivity index (χ0) is 12.8. The summed E-state index contributed by atoms with van der Waals surface area (Å²) in [6.45, 7) is 0. The molecule has 6 rings (SSSR count). The summed E-state index contributed by atoms with van der Waals surface area (Å²) in [6.07, 6.45) is 0. The number of hydrogen-bond donors (Lipinski definition) is 0. The van der Waals surface area contributed by atoms with Gasteiger partial charge in [0.15, 0.2) is 12.5 Å². The van der Waals surface area contributed by atoms with Crippen LogP contribution in [0.25, 0.3) is 48.2 Å². The lowest BCUT2D eigenvalue weighted by atomic mass is 10.00. The molecule has 2 aromatic heterocycles. The molecule has 0 fully saturated rings. The van der Waals surface area contributed by atoms with Crippen LogP contribution in [0.5, 0.6) is 0 Å². The highest BCUT2D eigenvalue weighted by atomic mass is 31.1. The Morgan fingerprint density at radius 1 is 0.450 bits per heavy atom. The van der Waals surface area contributed by atoms with Crippen LogP contribution in [-0.4, -0.2) is 0 Å². The van der Waals surface area contributed by atoms with Gasteiger partial charge in [-0.2, -0.15) is 0 Å². The van der Waals surface area contributed by atoms with Crippen molar-refractivity contribution in [2.45, 2.75) is 0 Å². The maximum atomic E-state index is 2.41. The third kappa shape index (κ3) is 0.882. The lowest BCUT2D eigenvalue weighted by Gasteiger charge is -2.03. The third-order valence-corrected chi connectivity index (χ3v) is 6.70. The first-order valence-corrected chi connectivity index (χ1v) is 8.45. The Balaban J connectivity index is 2.27. The highest BCUT2D eigenvalue weighted by Gasteiger charge is 2.24. The Morgan fingerprint density at radius 2 is 0.850 bits per heavy atom. The second kappa shape index (κ2) is 2.95. The van der Waals surface area contributed by atoms with Crippen LogP contribution < -0.4 is 0 Å². The highest BCUT2D eigenvalue weighted by molar-refractivity contribution is 7.51. The molecular formula is C19H10P+. The van der Waals surface area contributed by atoms with Crippen LogP contribution in [0.4, 0.5) is 0 Å². The molecule has 0 bridgehead atoms. The minimum absolute atomic E-state index is 0.247. The van der Waals surface area contributed by atoms with Crippen LogP contribution in [0.15, 0.2) is 60.1 Å². The van der Waals surface area contributed by atoms with Crippen LogP contribution in [0.1, 0.15) is 0 Å². The van der Waals surface area contributed by atoms with E-state index in [1.54, 1.807) is 5.12 Å². The molecule has 0 aliphatic heterocycles. The van der Waals surface area contributed by atoms with E-state index in [4.69, 9.17) is 0 Å². The maximum Gasteiger partial charge on any atom is 0.170 e. The van der Waals surface area contributed by atoms with E-state index in [2.05, 4.69) is 60.1 Å². The van der Waals surface area contributed by atoms with Gasteiger partial charge in [0.05, 0.1) is 0 Å². The van der Waals surface area contributed by atoms with Crippen molar-refractivity contribution in [3.8, 4) is 0 Å². The molecule has 0 N–H and O–H groups in total. The average molecular weight is 269 g/mol. The fourth-order valence-electron chi connectivity index (χ4n) is 3.96. The molecule has 0 nitrogen and oxygen atoms in total. The maximum absolute atomic E-state index is 2.41. The first-order valence-electron chi connectivity index (χ1n) is 6.97. The normalized spacial score (nSPS) is 13.0. The van der Waals surface area contributed by atoms with Crippen LogP contribution in [0.2, 0.25) is 0 Å². The van der Waals surface area contributed by atoms with E-state index in [9.17, 15) is 0 Å². The molecule has 2 heterocycles. The van der Waals surface area contributed by atoms with Gasteiger partial charge in [-0.25, -0.2) is 0 Å². The fourth-order valence-corrected chi connectivity index (χ4v) is 6.00.